The maximum absolute atomic E-state index is 13.3. The first-order valence-electron chi connectivity index (χ1n) is 7.02. The van der Waals surface area contributed by atoms with Gasteiger partial charge in [-0.15, -0.1) is 11.8 Å². The van der Waals surface area contributed by atoms with Gasteiger partial charge in [-0.2, -0.15) is 8.78 Å². The number of allylic oxidation sites excluding steroid dienone is 1. The third-order valence-corrected chi connectivity index (χ3v) is 4.37. The summed E-state index contributed by atoms with van der Waals surface area (Å²) >= 11 is 1.35. The number of hydrogen-bond acceptors (Lipinski definition) is 2. The Bertz CT molecular complexity index is 727. The number of hydrogen-bond donors (Lipinski definition) is 0. The summed E-state index contributed by atoms with van der Waals surface area (Å²) in [6.07, 6.45) is -0.498. The van der Waals surface area contributed by atoms with Gasteiger partial charge in [0.15, 0.2) is 5.78 Å². The van der Waals surface area contributed by atoms with Gasteiger partial charge in [-0.25, -0.2) is 0 Å². The average Bonchev–Trinajstić information content (AvgIpc) is 2.56. The minimum absolute atomic E-state index is 0.0202. The van der Waals surface area contributed by atoms with Crippen molar-refractivity contribution >= 4 is 23.1 Å². The molecular weight excluding hydrogens is 314 g/mol. The molecule has 0 fully saturated rings. The summed E-state index contributed by atoms with van der Waals surface area (Å²) in [4.78, 5) is 12.4. The first kappa shape index (κ1) is 17.2. The number of ketones is 1. The Morgan fingerprint density at radius 1 is 1.04 bits per heavy atom. The lowest BCUT2D eigenvalue weighted by Crippen LogP contribution is -1.95. The van der Waals surface area contributed by atoms with Gasteiger partial charge in [-0.3, -0.25) is 4.79 Å². The summed E-state index contributed by atoms with van der Waals surface area (Å²) in [7, 11) is 0. The molecule has 0 aliphatic carbocycles. The van der Waals surface area contributed by atoms with E-state index in [1.165, 1.54) is 17.8 Å². The van der Waals surface area contributed by atoms with Crippen LogP contribution < -0.4 is 0 Å². The summed E-state index contributed by atoms with van der Waals surface area (Å²) in [6.45, 7) is 5.39. The van der Waals surface area contributed by atoms with Crippen molar-refractivity contribution in [3.05, 3.63) is 84.0 Å². The zero-order valence-corrected chi connectivity index (χ0v) is 13.5. The zero-order valence-electron chi connectivity index (χ0n) is 12.7. The Morgan fingerprint density at radius 2 is 1.61 bits per heavy atom. The molecule has 0 aromatic heterocycles. The van der Waals surface area contributed by atoms with Crippen LogP contribution in [0.4, 0.5) is 8.78 Å². The van der Waals surface area contributed by atoms with Crippen LogP contribution in [0.2, 0.25) is 0 Å². The molecule has 2 aromatic carbocycles. The van der Waals surface area contributed by atoms with Crippen LogP contribution in [-0.4, -0.2) is 11.5 Å². The van der Waals surface area contributed by atoms with Gasteiger partial charge in [0.2, 0.25) is 0 Å². The van der Waals surface area contributed by atoms with Crippen LogP contribution in [0.1, 0.15) is 21.5 Å². The van der Waals surface area contributed by atoms with Crippen molar-refractivity contribution < 1.29 is 13.6 Å². The molecule has 23 heavy (non-hydrogen) atoms. The molecule has 0 saturated heterocycles. The summed E-state index contributed by atoms with van der Waals surface area (Å²) in [5, 5.41) is 0. The van der Waals surface area contributed by atoms with Gasteiger partial charge in [-0.05, 0) is 30.7 Å². The van der Waals surface area contributed by atoms with Crippen molar-refractivity contribution in [3.8, 4) is 0 Å². The largest absolute Gasteiger partial charge is 0.289 e. The van der Waals surface area contributed by atoms with Gasteiger partial charge in [0.05, 0.1) is 0 Å². The molecule has 118 valence electrons. The van der Waals surface area contributed by atoms with Gasteiger partial charge in [0, 0.05) is 21.8 Å². The molecule has 0 unspecified atom stereocenters. The molecule has 2 aromatic rings. The van der Waals surface area contributed by atoms with Gasteiger partial charge in [0.1, 0.15) is 0 Å². The molecule has 0 N–H and O–H groups in total. The third kappa shape index (κ3) is 4.63. The fourth-order valence-electron chi connectivity index (χ4n) is 1.99. The van der Waals surface area contributed by atoms with Crippen molar-refractivity contribution in [2.75, 3.05) is 5.75 Å². The Labute approximate surface area is 138 Å². The lowest BCUT2D eigenvalue weighted by atomic mass is 10.0. The van der Waals surface area contributed by atoms with Crippen LogP contribution in [0.25, 0.3) is 5.57 Å². The number of halogens is 2. The van der Waals surface area contributed by atoms with Crippen molar-refractivity contribution in [2.45, 2.75) is 11.8 Å². The van der Waals surface area contributed by atoms with Crippen LogP contribution in [0, 0.1) is 6.92 Å². The number of thioether (sulfide) groups is 1. The topological polar surface area (TPSA) is 17.1 Å². The molecule has 0 bridgehead atoms. The van der Waals surface area contributed by atoms with E-state index in [0.29, 0.717) is 11.1 Å². The lowest BCUT2D eigenvalue weighted by Gasteiger charge is -2.08. The second kappa shape index (κ2) is 7.88. The predicted molar refractivity (Wildman–Crippen MR) is 92.0 cm³/mol. The fraction of sp³-hybridized carbons (Fsp3) is 0.105. The molecule has 4 heteroatoms. The first-order valence-corrected chi connectivity index (χ1v) is 8.00. The summed E-state index contributed by atoms with van der Waals surface area (Å²) in [6, 6.07) is 13.9. The van der Waals surface area contributed by atoms with Crippen molar-refractivity contribution in [1.82, 2.24) is 0 Å². The predicted octanol–water partition coefficient (Wildman–Crippen LogP) is 5.76. The molecule has 2 rings (SSSR count). The zero-order chi connectivity index (χ0) is 16.8. The van der Waals surface area contributed by atoms with Crippen LogP contribution in [-0.2, 0) is 0 Å². The van der Waals surface area contributed by atoms with Gasteiger partial charge in [-0.1, -0.05) is 48.5 Å². The quantitative estimate of drug-likeness (QED) is 0.380. The number of rotatable bonds is 6. The van der Waals surface area contributed by atoms with Gasteiger partial charge >= 0.3 is 0 Å². The average molecular weight is 330 g/mol. The minimum atomic E-state index is -1.70. The van der Waals surface area contributed by atoms with E-state index in [9.17, 15) is 13.6 Å². The van der Waals surface area contributed by atoms with E-state index < -0.39 is 6.08 Å². The van der Waals surface area contributed by atoms with Gasteiger partial charge in [0.25, 0.3) is 6.08 Å². The molecule has 0 atom stereocenters. The second-order valence-corrected chi connectivity index (χ2v) is 6.04. The van der Waals surface area contributed by atoms with Crippen molar-refractivity contribution in [3.63, 3.8) is 0 Å². The monoisotopic (exact) mass is 330 g/mol. The van der Waals surface area contributed by atoms with Crippen molar-refractivity contribution in [1.29, 1.82) is 0 Å². The maximum Gasteiger partial charge on any atom is 0.274 e. The highest BCUT2D eigenvalue weighted by Gasteiger charge is 2.11. The second-order valence-electron chi connectivity index (χ2n) is 4.99. The van der Waals surface area contributed by atoms with Crippen LogP contribution >= 0.6 is 11.8 Å². The molecular formula is C19H16F2OS. The molecule has 0 radical (unpaired) electrons. The molecule has 0 amide bonds. The summed E-state index contributed by atoms with van der Waals surface area (Å²) in [5.41, 5.74) is 1.97. The molecule has 1 nitrogen and oxygen atoms in total. The van der Waals surface area contributed by atoms with E-state index in [2.05, 4.69) is 6.58 Å². The standard InChI is InChI=1S/C19H16F2OS/c1-3-18(22)15-8-6-14(7-9-15)17(19(20)21)12-23-16-10-4-13(2)5-11-16/h3-11H,1,12H2,2H3. The van der Waals surface area contributed by atoms with E-state index in [4.69, 9.17) is 0 Å². The van der Waals surface area contributed by atoms with E-state index >= 15 is 0 Å². The maximum atomic E-state index is 13.3. The van der Waals surface area contributed by atoms with Crippen LogP contribution in [0.3, 0.4) is 0 Å². The molecule has 0 aliphatic rings. The molecule has 0 aliphatic heterocycles. The highest BCUT2D eigenvalue weighted by Crippen LogP contribution is 2.29. The molecule has 0 saturated carbocycles. The molecule has 0 heterocycles. The Hall–Kier alpha value is -2.20. The Kier molecular flexibility index (Phi) is 5.88. The van der Waals surface area contributed by atoms with E-state index in [-0.39, 0.29) is 17.1 Å². The minimum Gasteiger partial charge on any atom is -0.289 e. The third-order valence-electron chi connectivity index (χ3n) is 3.34. The van der Waals surface area contributed by atoms with Gasteiger partial charge < -0.3 is 0 Å². The summed E-state index contributed by atoms with van der Waals surface area (Å²) < 4.78 is 26.5. The SMILES string of the molecule is C=CC(=O)c1ccc(C(CSc2ccc(C)cc2)=C(F)F)cc1. The highest BCUT2D eigenvalue weighted by atomic mass is 32.2. The van der Waals surface area contributed by atoms with E-state index in [1.54, 1.807) is 24.3 Å². The van der Waals surface area contributed by atoms with Crippen molar-refractivity contribution in [2.24, 2.45) is 0 Å². The van der Waals surface area contributed by atoms with Crippen LogP contribution in [0.5, 0.6) is 0 Å². The molecule has 0 spiro atoms. The Balaban J connectivity index is 2.16. The fourth-order valence-corrected chi connectivity index (χ4v) is 2.91. The van der Waals surface area contributed by atoms with E-state index in [0.717, 1.165) is 10.5 Å². The van der Waals surface area contributed by atoms with Crippen LogP contribution in [0.15, 0.2) is 72.2 Å². The summed E-state index contributed by atoms with van der Waals surface area (Å²) in [5.74, 6) is -0.0583. The van der Waals surface area contributed by atoms with E-state index in [1.807, 2.05) is 31.2 Å². The lowest BCUT2D eigenvalue weighted by molar-refractivity contribution is 0.104. The first-order chi connectivity index (χ1) is 11.0. The number of aryl methyl sites for hydroxylation is 1. The number of benzene rings is 2. The highest BCUT2D eigenvalue weighted by molar-refractivity contribution is 7.99. The Morgan fingerprint density at radius 3 is 2.13 bits per heavy atom. The number of carbonyl (C=O) groups is 1. The number of carbonyl (C=O) groups excluding carboxylic acids is 1. The normalized spacial score (nSPS) is 10.2. The smallest absolute Gasteiger partial charge is 0.274 e.